The fourth-order valence-electron chi connectivity index (χ4n) is 1.42. The smallest absolute Gasteiger partial charge is 0.198 e. The Hall–Kier alpha value is -1.45. The number of hydrogen-bond donors (Lipinski definition) is 0. The minimum absolute atomic E-state index is 0.476. The molecular weight excluding hydrogens is 193 g/mol. The fourth-order valence-corrected chi connectivity index (χ4v) is 1.42. The topological polar surface area (TPSA) is 30.7 Å². The van der Waals surface area contributed by atoms with Gasteiger partial charge >= 0.3 is 0 Å². The lowest BCUT2D eigenvalue weighted by Crippen LogP contribution is -2.21. The fraction of sp³-hybridized carbons (Fsp3) is 0.455. The van der Waals surface area contributed by atoms with Crippen LogP contribution in [0.3, 0.4) is 0 Å². The Morgan fingerprint density at radius 3 is 2.60 bits per heavy atom. The predicted molar refractivity (Wildman–Crippen MR) is 57.1 cm³/mol. The number of nitrogens with zero attached hydrogens (tertiary/aromatic N) is 3. The summed E-state index contributed by atoms with van der Waals surface area (Å²) >= 11 is 0. The van der Waals surface area contributed by atoms with E-state index in [0.29, 0.717) is 0 Å². The van der Waals surface area contributed by atoms with Crippen LogP contribution in [0.5, 0.6) is 0 Å². The molecule has 0 spiro atoms. The van der Waals surface area contributed by atoms with Gasteiger partial charge in [-0.05, 0) is 12.1 Å². The van der Waals surface area contributed by atoms with Crippen molar-refractivity contribution in [2.24, 2.45) is 5.41 Å². The standard InChI is InChI=1S/C11H14FN3/c1-11(2,3)10(12)15-9-7-5-4-6-8(9)13-14-15/h4-7,10H,1-3H3. The van der Waals surface area contributed by atoms with Gasteiger partial charge in [-0.2, -0.15) is 0 Å². The van der Waals surface area contributed by atoms with Crippen molar-refractivity contribution < 1.29 is 4.39 Å². The third kappa shape index (κ3) is 1.71. The second-order valence-corrected chi connectivity index (χ2v) is 4.72. The molecule has 0 aliphatic rings. The van der Waals surface area contributed by atoms with Gasteiger partial charge in [-0.25, -0.2) is 9.07 Å². The van der Waals surface area contributed by atoms with Crippen molar-refractivity contribution in [2.45, 2.75) is 27.1 Å². The summed E-state index contributed by atoms with van der Waals surface area (Å²) < 4.78 is 15.4. The van der Waals surface area contributed by atoms with Gasteiger partial charge in [-0.1, -0.05) is 38.1 Å². The van der Waals surface area contributed by atoms with E-state index in [2.05, 4.69) is 10.3 Å². The maximum atomic E-state index is 14.1. The summed E-state index contributed by atoms with van der Waals surface area (Å²) in [6.45, 7) is 5.52. The first-order valence-corrected chi connectivity index (χ1v) is 4.94. The minimum Gasteiger partial charge on any atom is -0.221 e. The second-order valence-electron chi connectivity index (χ2n) is 4.72. The first-order chi connectivity index (χ1) is 7.00. The summed E-state index contributed by atoms with van der Waals surface area (Å²) in [5, 5.41) is 7.78. The van der Waals surface area contributed by atoms with Gasteiger partial charge in [0.25, 0.3) is 0 Å². The third-order valence-electron chi connectivity index (χ3n) is 2.31. The average Bonchev–Trinajstić information content (AvgIpc) is 2.58. The first kappa shape index (κ1) is 10.1. The Morgan fingerprint density at radius 2 is 1.93 bits per heavy atom. The van der Waals surface area contributed by atoms with E-state index in [1.165, 1.54) is 4.68 Å². The van der Waals surface area contributed by atoms with Crippen LogP contribution in [0, 0.1) is 5.41 Å². The van der Waals surface area contributed by atoms with Crippen LogP contribution in [0.2, 0.25) is 0 Å². The molecule has 80 valence electrons. The van der Waals surface area contributed by atoms with E-state index in [4.69, 9.17) is 0 Å². The highest BCUT2D eigenvalue weighted by molar-refractivity contribution is 5.73. The molecule has 1 heterocycles. The molecule has 0 N–H and O–H groups in total. The molecule has 3 nitrogen and oxygen atoms in total. The van der Waals surface area contributed by atoms with Gasteiger partial charge in [-0.15, -0.1) is 5.10 Å². The summed E-state index contributed by atoms with van der Waals surface area (Å²) in [5.41, 5.74) is 0.987. The Morgan fingerprint density at radius 1 is 1.27 bits per heavy atom. The molecule has 1 aromatic heterocycles. The maximum Gasteiger partial charge on any atom is 0.198 e. The molecule has 0 bridgehead atoms. The predicted octanol–water partition coefficient (Wildman–Crippen LogP) is 2.95. The van der Waals surface area contributed by atoms with E-state index in [0.717, 1.165) is 11.0 Å². The first-order valence-electron chi connectivity index (χ1n) is 4.94. The van der Waals surface area contributed by atoms with Crippen LogP contribution >= 0.6 is 0 Å². The summed E-state index contributed by atoms with van der Waals surface area (Å²) in [6.07, 6.45) is -1.16. The van der Waals surface area contributed by atoms with Gasteiger partial charge in [0.2, 0.25) is 0 Å². The van der Waals surface area contributed by atoms with Crippen LogP contribution in [0.4, 0.5) is 4.39 Å². The van der Waals surface area contributed by atoms with Crippen molar-refractivity contribution in [1.82, 2.24) is 15.0 Å². The number of aromatic nitrogens is 3. The molecule has 1 atom stereocenters. The number of rotatable bonds is 1. The highest BCUT2D eigenvalue weighted by Gasteiger charge is 2.28. The van der Waals surface area contributed by atoms with Gasteiger partial charge in [0.05, 0.1) is 5.52 Å². The maximum absolute atomic E-state index is 14.1. The molecule has 0 radical (unpaired) electrons. The molecule has 0 fully saturated rings. The van der Waals surface area contributed by atoms with Gasteiger partial charge in [-0.3, -0.25) is 0 Å². The monoisotopic (exact) mass is 207 g/mol. The van der Waals surface area contributed by atoms with E-state index in [1.807, 2.05) is 45.0 Å². The van der Waals surface area contributed by atoms with Crippen LogP contribution in [0.1, 0.15) is 27.1 Å². The highest BCUT2D eigenvalue weighted by atomic mass is 19.1. The van der Waals surface area contributed by atoms with Gasteiger partial charge in [0.1, 0.15) is 5.52 Å². The van der Waals surface area contributed by atoms with E-state index in [9.17, 15) is 4.39 Å². The molecular formula is C11H14FN3. The molecule has 0 aliphatic heterocycles. The van der Waals surface area contributed by atoms with Crippen molar-refractivity contribution in [1.29, 1.82) is 0 Å². The number of fused-ring (bicyclic) bond motifs is 1. The quantitative estimate of drug-likeness (QED) is 0.719. The molecule has 2 aromatic rings. The lowest BCUT2D eigenvalue weighted by molar-refractivity contribution is 0.0818. The molecule has 0 aliphatic carbocycles. The zero-order valence-corrected chi connectivity index (χ0v) is 9.11. The number of para-hydroxylation sites is 1. The van der Waals surface area contributed by atoms with Crippen molar-refractivity contribution in [2.75, 3.05) is 0 Å². The normalized spacial score (nSPS) is 14.4. The Kier molecular flexibility index (Phi) is 2.21. The highest BCUT2D eigenvalue weighted by Crippen LogP contribution is 2.32. The SMILES string of the molecule is CC(C)(C)C(F)n1nnc2ccccc21. The molecule has 4 heteroatoms. The molecule has 15 heavy (non-hydrogen) atoms. The molecule has 0 saturated carbocycles. The average molecular weight is 207 g/mol. The van der Waals surface area contributed by atoms with E-state index >= 15 is 0 Å². The molecule has 1 unspecified atom stereocenters. The van der Waals surface area contributed by atoms with Gasteiger partial charge < -0.3 is 0 Å². The van der Waals surface area contributed by atoms with Gasteiger partial charge in [0, 0.05) is 5.41 Å². The molecule has 0 saturated heterocycles. The zero-order valence-electron chi connectivity index (χ0n) is 9.11. The van der Waals surface area contributed by atoms with Crippen LogP contribution < -0.4 is 0 Å². The van der Waals surface area contributed by atoms with Crippen molar-refractivity contribution in [3.8, 4) is 0 Å². The van der Waals surface area contributed by atoms with Gasteiger partial charge in [0.15, 0.2) is 6.30 Å². The van der Waals surface area contributed by atoms with Crippen LogP contribution in [-0.2, 0) is 0 Å². The van der Waals surface area contributed by atoms with Crippen LogP contribution in [0.15, 0.2) is 24.3 Å². The van der Waals surface area contributed by atoms with Crippen molar-refractivity contribution in [3.63, 3.8) is 0 Å². The largest absolute Gasteiger partial charge is 0.221 e. The third-order valence-corrected chi connectivity index (χ3v) is 2.31. The summed E-state index contributed by atoms with van der Waals surface area (Å²) in [7, 11) is 0. The van der Waals surface area contributed by atoms with Crippen molar-refractivity contribution >= 4 is 11.0 Å². The minimum atomic E-state index is -1.16. The van der Waals surface area contributed by atoms with Crippen LogP contribution in [-0.4, -0.2) is 15.0 Å². The zero-order chi connectivity index (χ0) is 11.1. The molecule has 0 amide bonds. The molecule has 1 aromatic carbocycles. The Balaban J connectivity index is 2.53. The second kappa shape index (κ2) is 3.29. The lowest BCUT2D eigenvalue weighted by atomic mass is 9.95. The Bertz CT molecular complexity index is 470. The van der Waals surface area contributed by atoms with E-state index in [-0.39, 0.29) is 0 Å². The summed E-state index contributed by atoms with van der Waals surface area (Å²) in [5.74, 6) is 0. The summed E-state index contributed by atoms with van der Waals surface area (Å²) in [4.78, 5) is 0. The van der Waals surface area contributed by atoms with Crippen LogP contribution in [0.25, 0.3) is 11.0 Å². The Labute approximate surface area is 87.9 Å². The number of halogens is 1. The number of alkyl halides is 1. The summed E-state index contributed by atoms with van der Waals surface area (Å²) in [6, 6.07) is 7.38. The number of benzene rings is 1. The number of hydrogen-bond acceptors (Lipinski definition) is 2. The lowest BCUT2D eigenvalue weighted by Gasteiger charge is -2.23. The van der Waals surface area contributed by atoms with E-state index in [1.54, 1.807) is 0 Å². The molecule has 2 rings (SSSR count). The van der Waals surface area contributed by atoms with Crippen molar-refractivity contribution in [3.05, 3.63) is 24.3 Å². The van der Waals surface area contributed by atoms with E-state index < -0.39 is 11.7 Å².